The molecule has 23 heavy (non-hydrogen) atoms. The first-order chi connectivity index (χ1) is 11.1. The Morgan fingerprint density at radius 1 is 1.30 bits per heavy atom. The van der Waals surface area contributed by atoms with E-state index < -0.39 is 0 Å². The van der Waals surface area contributed by atoms with E-state index in [-0.39, 0.29) is 11.9 Å². The molecule has 8 heteroatoms. The van der Waals surface area contributed by atoms with Crippen LogP contribution in [0.15, 0.2) is 29.3 Å². The predicted molar refractivity (Wildman–Crippen MR) is 88.5 cm³/mol. The van der Waals surface area contributed by atoms with E-state index >= 15 is 0 Å². The lowest BCUT2D eigenvalue weighted by atomic mass is 10.0. The number of nitrogens with zero attached hydrogens (tertiary/aromatic N) is 1. The van der Waals surface area contributed by atoms with Crippen LogP contribution in [0.2, 0.25) is 0 Å². The van der Waals surface area contributed by atoms with E-state index in [9.17, 15) is 9.59 Å². The van der Waals surface area contributed by atoms with Gasteiger partial charge in [-0.15, -0.1) is 11.3 Å². The average Bonchev–Trinajstić information content (AvgIpc) is 3.21. The van der Waals surface area contributed by atoms with Crippen molar-refractivity contribution in [1.82, 2.24) is 15.6 Å². The van der Waals surface area contributed by atoms with Gasteiger partial charge in [0, 0.05) is 22.6 Å². The van der Waals surface area contributed by atoms with Crippen LogP contribution in [-0.2, 0) is 16.1 Å². The van der Waals surface area contributed by atoms with Crippen LogP contribution in [0.4, 0.5) is 0 Å². The van der Waals surface area contributed by atoms with Gasteiger partial charge in [-0.3, -0.25) is 10.1 Å². The summed E-state index contributed by atoms with van der Waals surface area (Å²) in [6.07, 6.45) is 1.66. The molecule has 0 saturated carbocycles. The van der Waals surface area contributed by atoms with Crippen molar-refractivity contribution in [3.63, 3.8) is 0 Å². The van der Waals surface area contributed by atoms with Crippen molar-refractivity contribution in [2.24, 2.45) is 0 Å². The highest BCUT2D eigenvalue weighted by molar-refractivity contribution is 7.80. The molecule has 1 saturated heterocycles. The van der Waals surface area contributed by atoms with Crippen molar-refractivity contribution in [3.8, 4) is 11.3 Å². The molecule has 114 valence electrons. The molecule has 0 spiro atoms. The molecule has 2 aliphatic heterocycles. The van der Waals surface area contributed by atoms with Gasteiger partial charge in [0.05, 0.1) is 11.3 Å². The molecule has 0 bridgehead atoms. The SMILES string of the molecule is O=C1NC(=S)N/C1=C\c1nc(-c2ccc3c(c2)COC3=O)cs1. The Bertz CT molecular complexity index is 901. The number of aromatic nitrogens is 1. The maximum Gasteiger partial charge on any atom is 0.338 e. The molecule has 0 aliphatic carbocycles. The summed E-state index contributed by atoms with van der Waals surface area (Å²) in [5, 5.41) is 8.17. The lowest BCUT2D eigenvalue weighted by molar-refractivity contribution is -0.115. The van der Waals surface area contributed by atoms with Crippen molar-refractivity contribution >= 4 is 46.6 Å². The molecule has 0 radical (unpaired) electrons. The lowest BCUT2D eigenvalue weighted by Gasteiger charge is -1.99. The third-order valence-electron chi connectivity index (χ3n) is 3.49. The molecule has 0 atom stereocenters. The summed E-state index contributed by atoms with van der Waals surface area (Å²) in [7, 11) is 0. The minimum atomic E-state index is -0.287. The third-order valence-corrected chi connectivity index (χ3v) is 4.49. The highest BCUT2D eigenvalue weighted by Crippen LogP contribution is 2.28. The number of thiocarbonyl (C=S) groups is 1. The molecular formula is C15H9N3O3S2. The van der Waals surface area contributed by atoms with Gasteiger partial charge < -0.3 is 10.1 Å². The van der Waals surface area contributed by atoms with Crippen molar-refractivity contribution in [1.29, 1.82) is 0 Å². The number of carbonyl (C=O) groups is 2. The second kappa shape index (κ2) is 5.25. The summed E-state index contributed by atoms with van der Waals surface area (Å²) >= 11 is 6.31. The Labute approximate surface area is 140 Å². The fourth-order valence-electron chi connectivity index (χ4n) is 2.39. The number of nitrogens with one attached hydrogen (secondary N) is 2. The van der Waals surface area contributed by atoms with Gasteiger partial charge in [-0.25, -0.2) is 9.78 Å². The van der Waals surface area contributed by atoms with E-state index in [1.54, 1.807) is 12.1 Å². The molecule has 3 heterocycles. The van der Waals surface area contributed by atoms with Gasteiger partial charge in [0.25, 0.3) is 5.91 Å². The van der Waals surface area contributed by atoms with Crippen molar-refractivity contribution < 1.29 is 14.3 Å². The van der Waals surface area contributed by atoms with Gasteiger partial charge in [-0.1, -0.05) is 6.07 Å². The van der Waals surface area contributed by atoms with Crippen LogP contribution in [0.5, 0.6) is 0 Å². The van der Waals surface area contributed by atoms with Gasteiger partial charge in [0.2, 0.25) is 0 Å². The minimum absolute atomic E-state index is 0.264. The molecule has 1 aromatic heterocycles. The number of thiazole rings is 1. The Hall–Kier alpha value is -2.58. The molecule has 1 aromatic carbocycles. The van der Waals surface area contributed by atoms with E-state index in [0.29, 0.717) is 28.0 Å². The summed E-state index contributed by atoms with van der Waals surface area (Å²) < 4.78 is 5.00. The van der Waals surface area contributed by atoms with Crippen LogP contribution in [0.1, 0.15) is 20.9 Å². The average molecular weight is 343 g/mol. The predicted octanol–water partition coefficient (Wildman–Crippen LogP) is 1.83. The topological polar surface area (TPSA) is 80.3 Å². The molecule has 1 amide bonds. The van der Waals surface area contributed by atoms with Crippen LogP contribution < -0.4 is 10.6 Å². The highest BCUT2D eigenvalue weighted by Gasteiger charge is 2.22. The number of amides is 1. The zero-order chi connectivity index (χ0) is 16.0. The number of hydrogen-bond donors (Lipinski definition) is 2. The van der Waals surface area contributed by atoms with E-state index in [0.717, 1.165) is 16.8 Å². The molecule has 2 N–H and O–H groups in total. The standard InChI is InChI=1S/C15H9N3O3S2/c19-13-10(17-15(22)18-13)4-12-16-11(6-23-12)7-1-2-9-8(3-7)5-21-14(9)20/h1-4,6H,5H2,(H2,17,18,19,22)/b10-4-. The summed E-state index contributed by atoms with van der Waals surface area (Å²) in [6.45, 7) is 0.296. The molecule has 2 aromatic rings. The largest absolute Gasteiger partial charge is 0.457 e. The fourth-order valence-corrected chi connectivity index (χ4v) is 3.35. The second-order valence-corrected chi connectivity index (χ2v) is 6.28. The highest BCUT2D eigenvalue weighted by atomic mass is 32.1. The normalized spacial score (nSPS) is 17.9. The summed E-state index contributed by atoms with van der Waals surface area (Å²) in [5.41, 5.74) is 3.53. The molecule has 1 fully saturated rings. The number of cyclic esters (lactones) is 1. The van der Waals surface area contributed by atoms with E-state index in [4.69, 9.17) is 17.0 Å². The Morgan fingerprint density at radius 2 is 2.17 bits per heavy atom. The Morgan fingerprint density at radius 3 is 2.96 bits per heavy atom. The third kappa shape index (κ3) is 2.51. The number of rotatable bonds is 2. The Kier molecular flexibility index (Phi) is 3.21. The summed E-state index contributed by atoms with van der Waals surface area (Å²) in [6, 6.07) is 5.50. The van der Waals surface area contributed by atoms with Gasteiger partial charge in [-0.2, -0.15) is 0 Å². The maximum atomic E-state index is 11.6. The van der Waals surface area contributed by atoms with Crippen molar-refractivity contribution in [2.75, 3.05) is 0 Å². The number of benzene rings is 1. The van der Waals surface area contributed by atoms with Crippen LogP contribution in [0.3, 0.4) is 0 Å². The van der Waals surface area contributed by atoms with Crippen LogP contribution in [0, 0.1) is 0 Å². The first-order valence-electron chi connectivity index (χ1n) is 6.70. The lowest BCUT2D eigenvalue weighted by Crippen LogP contribution is -2.21. The van der Waals surface area contributed by atoms with Crippen molar-refractivity contribution in [3.05, 3.63) is 45.4 Å². The Balaban J connectivity index is 1.64. The van der Waals surface area contributed by atoms with Crippen LogP contribution >= 0.6 is 23.6 Å². The van der Waals surface area contributed by atoms with Gasteiger partial charge in [0.15, 0.2) is 5.11 Å². The summed E-state index contributed by atoms with van der Waals surface area (Å²) in [4.78, 5) is 27.6. The van der Waals surface area contributed by atoms with E-state index in [1.165, 1.54) is 11.3 Å². The minimum Gasteiger partial charge on any atom is -0.457 e. The zero-order valence-electron chi connectivity index (χ0n) is 11.6. The molecule has 2 aliphatic rings. The van der Waals surface area contributed by atoms with E-state index in [1.807, 2.05) is 17.5 Å². The zero-order valence-corrected chi connectivity index (χ0v) is 13.2. The maximum absolute atomic E-state index is 11.6. The van der Waals surface area contributed by atoms with Gasteiger partial charge >= 0.3 is 5.97 Å². The molecule has 0 unspecified atom stereocenters. The van der Waals surface area contributed by atoms with E-state index in [2.05, 4.69) is 15.6 Å². The van der Waals surface area contributed by atoms with Crippen molar-refractivity contribution in [2.45, 2.75) is 6.61 Å². The number of fused-ring (bicyclic) bond motifs is 1. The van der Waals surface area contributed by atoms with Gasteiger partial charge in [0.1, 0.15) is 17.3 Å². The second-order valence-electron chi connectivity index (χ2n) is 4.99. The molecule has 6 nitrogen and oxygen atoms in total. The van der Waals surface area contributed by atoms with Gasteiger partial charge in [-0.05, 0) is 24.4 Å². The molecule has 4 rings (SSSR count). The van der Waals surface area contributed by atoms with Crippen LogP contribution in [0.25, 0.3) is 17.3 Å². The smallest absolute Gasteiger partial charge is 0.338 e. The summed E-state index contributed by atoms with van der Waals surface area (Å²) in [5.74, 6) is -0.551. The monoisotopic (exact) mass is 343 g/mol. The number of ether oxygens (including phenoxy) is 1. The first-order valence-corrected chi connectivity index (χ1v) is 7.99. The quantitative estimate of drug-likeness (QED) is 0.492. The number of hydrogen-bond acceptors (Lipinski definition) is 6. The number of carbonyl (C=O) groups excluding carboxylic acids is 2. The number of esters is 1. The molecular weight excluding hydrogens is 334 g/mol. The first kappa shape index (κ1) is 14.0. The fraction of sp³-hybridized carbons (Fsp3) is 0.0667. The van der Waals surface area contributed by atoms with Crippen LogP contribution in [-0.4, -0.2) is 22.0 Å².